The molecule has 2 N–H and O–H groups in total. The monoisotopic (exact) mass is 199 g/mol. The number of nitrogens with two attached hydrogens (primary N) is 1. The summed E-state index contributed by atoms with van der Waals surface area (Å²) in [6, 6.07) is 13.8. The second-order valence-electron chi connectivity index (χ2n) is 3.52. The maximum absolute atomic E-state index is 11.6. The van der Waals surface area contributed by atoms with Crippen LogP contribution in [-0.4, -0.2) is 12.3 Å². The fourth-order valence-corrected chi connectivity index (χ4v) is 1.64. The third kappa shape index (κ3) is 2.05. The number of ketones is 1. The number of carbonyl (C=O) groups excluding carboxylic acids is 1. The molecule has 2 heteroatoms. The summed E-state index contributed by atoms with van der Waals surface area (Å²) in [7, 11) is 0. The summed E-state index contributed by atoms with van der Waals surface area (Å²) in [6.45, 7) is 0.408. The van der Waals surface area contributed by atoms with Gasteiger partial charge in [-0.2, -0.15) is 0 Å². The van der Waals surface area contributed by atoms with Crippen LogP contribution in [0.2, 0.25) is 0 Å². The first-order valence-corrected chi connectivity index (χ1v) is 5.03. The van der Waals surface area contributed by atoms with E-state index in [0.29, 0.717) is 13.0 Å². The molecule has 2 aromatic carbocycles. The summed E-state index contributed by atoms with van der Waals surface area (Å²) >= 11 is 0. The van der Waals surface area contributed by atoms with E-state index in [0.717, 1.165) is 16.3 Å². The SMILES string of the molecule is NCCC(=O)c1ccc2ccccc2c1. The first-order chi connectivity index (χ1) is 7.31. The van der Waals surface area contributed by atoms with Crippen LogP contribution >= 0.6 is 0 Å². The van der Waals surface area contributed by atoms with Gasteiger partial charge < -0.3 is 5.73 Å². The average Bonchev–Trinajstić information content (AvgIpc) is 2.29. The highest BCUT2D eigenvalue weighted by Crippen LogP contribution is 2.16. The minimum absolute atomic E-state index is 0.114. The fourth-order valence-electron chi connectivity index (χ4n) is 1.64. The van der Waals surface area contributed by atoms with E-state index in [-0.39, 0.29) is 5.78 Å². The van der Waals surface area contributed by atoms with Gasteiger partial charge in [-0.05, 0) is 23.4 Å². The number of hydrogen-bond acceptors (Lipinski definition) is 2. The van der Waals surface area contributed by atoms with Gasteiger partial charge in [0, 0.05) is 12.0 Å². The number of carbonyl (C=O) groups is 1. The van der Waals surface area contributed by atoms with Crippen molar-refractivity contribution in [1.82, 2.24) is 0 Å². The van der Waals surface area contributed by atoms with Crippen molar-refractivity contribution >= 4 is 16.6 Å². The normalized spacial score (nSPS) is 10.5. The van der Waals surface area contributed by atoms with Crippen LogP contribution < -0.4 is 5.73 Å². The Bertz CT molecular complexity index is 491. The molecule has 0 saturated carbocycles. The molecule has 2 nitrogen and oxygen atoms in total. The van der Waals surface area contributed by atoms with E-state index in [1.54, 1.807) is 0 Å². The van der Waals surface area contributed by atoms with Crippen LogP contribution in [0.1, 0.15) is 16.8 Å². The summed E-state index contributed by atoms with van der Waals surface area (Å²) in [4.78, 5) is 11.6. The van der Waals surface area contributed by atoms with E-state index in [4.69, 9.17) is 5.73 Å². The Morgan fingerprint density at radius 1 is 1.07 bits per heavy atom. The van der Waals surface area contributed by atoms with Gasteiger partial charge in [0.15, 0.2) is 5.78 Å². The molecule has 0 unspecified atom stereocenters. The summed E-state index contributed by atoms with van der Waals surface area (Å²) in [5, 5.41) is 2.25. The van der Waals surface area contributed by atoms with Gasteiger partial charge in [0.2, 0.25) is 0 Å². The Kier molecular flexibility index (Phi) is 2.79. The van der Waals surface area contributed by atoms with Crippen molar-refractivity contribution in [3.05, 3.63) is 48.0 Å². The van der Waals surface area contributed by atoms with Gasteiger partial charge in [-0.25, -0.2) is 0 Å². The van der Waals surface area contributed by atoms with Crippen LogP contribution in [0.3, 0.4) is 0 Å². The molecule has 15 heavy (non-hydrogen) atoms. The van der Waals surface area contributed by atoms with Gasteiger partial charge in [-0.3, -0.25) is 4.79 Å². The number of Topliss-reactive ketones (excluding diaryl/α,β-unsaturated/α-hetero) is 1. The highest BCUT2D eigenvalue weighted by atomic mass is 16.1. The first-order valence-electron chi connectivity index (χ1n) is 5.03. The molecule has 0 spiro atoms. The van der Waals surface area contributed by atoms with E-state index in [1.165, 1.54) is 0 Å². The third-order valence-corrected chi connectivity index (χ3v) is 2.44. The highest BCUT2D eigenvalue weighted by molar-refractivity contribution is 5.99. The van der Waals surface area contributed by atoms with Gasteiger partial charge in [0.05, 0.1) is 0 Å². The Morgan fingerprint density at radius 3 is 2.53 bits per heavy atom. The van der Waals surface area contributed by atoms with Crippen molar-refractivity contribution in [2.24, 2.45) is 5.73 Å². The predicted octanol–water partition coefficient (Wildman–Crippen LogP) is 2.37. The quantitative estimate of drug-likeness (QED) is 0.771. The van der Waals surface area contributed by atoms with Crippen LogP contribution in [0, 0.1) is 0 Å². The smallest absolute Gasteiger partial charge is 0.164 e. The number of hydrogen-bond donors (Lipinski definition) is 1. The molecule has 2 rings (SSSR count). The molecule has 0 saturated heterocycles. The van der Waals surface area contributed by atoms with Crippen molar-refractivity contribution in [2.75, 3.05) is 6.54 Å². The van der Waals surface area contributed by atoms with E-state index < -0.39 is 0 Å². The van der Waals surface area contributed by atoms with Crippen molar-refractivity contribution in [3.63, 3.8) is 0 Å². The van der Waals surface area contributed by atoms with Crippen molar-refractivity contribution in [3.8, 4) is 0 Å². The molecule has 76 valence electrons. The van der Waals surface area contributed by atoms with Crippen LogP contribution in [0.5, 0.6) is 0 Å². The molecule has 0 aliphatic carbocycles. The zero-order valence-corrected chi connectivity index (χ0v) is 8.44. The van der Waals surface area contributed by atoms with E-state index in [9.17, 15) is 4.79 Å². The van der Waals surface area contributed by atoms with E-state index >= 15 is 0 Å². The van der Waals surface area contributed by atoms with Crippen molar-refractivity contribution in [1.29, 1.82) is 0 Å². The van der Waals surface area contributed by atoms with Gasteiger partial charge in [-0.15, -0.1) is 0 Å². The van der Waals surface area contributed by atoms with E-state index in [2.05, 4.69) is 0 Å². The van der Waals surface area contributed by atoms with Crippen molar-refractivity contribution in [2.45, 2.75) is 6.42 Å². The summed E-state index contributed by atoms with van der Waals surface area (Å²) in [6.07, 6.45) is 0.415. The lowest BCUT2D eigenvalue weighted by atomic mass is 10.0. The largest absolute Gasteiger partial charge is 0.330 e. The third-order valence-electron chi connectivity index (χ3n) is 2.44. The Morgan fingerprint density at radius 2 is 1.80 bits per heavy atom. The molecular weight excluding hydrogens is 186 g/mol. The molecule has 0 aliphatic rings. The highest BCUT2D eigenvalue weighted by Gasteiger charge is 2.04. The molecule has 0 bridgehead atoms. The predicted molar refractivity (Wildman–Crippen MR) is 61.9 cm³/mol. The zero-order valence-electron chi connectivity index (χ0n) is 8.44. The number of benzene rings is 2. The van der Waals surface area contributed by atoms with Gasteiger partial charge in [-0.1, -0.05) is 36.4 Å². The molecule has 0 amide bonds. The molecule has 0 radical (unpaired) electrons. The van der Waals surface area contributed by atoms with Gasteiger partial charge in [0.25, 0.3) is 0 Å². The average molecular weight is 199 g/mol. The molecule has 0 atom stereocenters. The molecule has 0 aliphatic heterocycles. The number of fused-ring (bicyclic) bond motifs is 1. The van der Waals surface area contributed by atoms with Crippen LogP contribution in [0.15, 0.2) is 42.5 Å². The molecular formula is C13H13NO. The van der Waals surface area contributed by atoms with Crippen LogP contribution in [0.4, 0.5) is 0 Å². The molecule has 0 heterocycles. The summed E-state index contributed by atoms with van der Waals surface area (Å²) in [5.41, 5.74) is 6.11. The maximum atomic E-state index is 11.6. The minimum atomic E-state index is 0.114. The maximum Gasteiger partial charge on any atom is 0.164 e. The second kappa shape index (κ2) is 4.24. The Hall–Kier alpha value is -1.67. The van der Waals surface area contributed by atoms with Crippen LogP contribution in [0.25, 0.3) is 10.8 Å². The lowest BCUT2D eigenvalue weighted by Gasteiger charge is -2.01. The Balaban J connectivity index is 2.42. The Labute approximate surface area is 88.7 Å². The molecule has 0 aromatic heterocycles. The van der Waals surface area contributed by atoms with Crippen LogP contribution in [-0.2, 0) is 0 Å². The van der Waals surface area contributed by atoms with Gasteiger partial charge in [0.1, 0.15) is 0 Å². The lowest BCUT2D eigenvalue weighted by molar-refractivity contribution is 0.0985. The summed E-state index contributed by atoms with van der Waals surface area (Å²) < 4.78 is 0. The van der Waals surface area contributed by atoms with E-state index in [1.807, 2.05) is 42.5 Å². The standard InChI is InChI=1S/C13H13NO/c14-8-7-13(15)12-6-5-10-3-1-2-4-11(10)9-12/h1-6,9H,7-8,14H2. The van der Waals surface area contributed by atoms with Crippen molar-refractivity contribution < 1.29 is 4.79 Å². The summed E-state index contributed by atoms with van der Waals surface area (Å²) in [5.74, 6) is 0.114. The topological polar surface area (TPSA) is 43.1 Å². The zero-order chi connectivity index (χ0) is 10.7. The van der Waals surface area contributed by atoms with Gasteiger partial charge >= 0.3 is 0 Å². The second-order valence-corrected chi connectivity index (χ2v) is 3.52. The minimum Gasteiger partial charge on any atom is -0.330 e. The fraction of sp³-hybridized carbons (Fsp3) is 0.154. The molecule has 2 aromatic rings. The lowest BCUT2D eigenvalue weighted by Crippen LogP contribution is -2.07. The first kappa shape index (κ1) is 9.87. The number of rotatable bonds is 3. The molecule has 0 fully saturated rings.